The number of hydrogen-bond donors (Lipinski definition) is 1. The average Bonchev–Trinajstić information content (AvgIpc) is 3.10. The molecule has 0 spiro atoms. The Morgan fingerprint density at radius 3 is 2.64 bits per heavy atom. The summed E-state index contributed by atoms with van der Waals surface area (Å²) in [6.45, 7) is 5.07. The zero-order chi connectivity index (χ0) is 18.0. The Morgan fingerprint density at radius 1 is 1.24 bits per heavy atom. The van der Waals surface area contributed by atoms with E-state index >= 15 is 0 Å². The van der Waals surface area contributed by atoms with Crippen molar-refractivity contribution in [2.24, 2.45) is 0 Å². The van der Waals surface area contributed by atoms with Crippen LogP contribution in [0.4, 0.5) is 20.6 Å². The van der Waals surface area contributed by atoms with Gasteiger partial charge in [-0.25, -0.2) is 9.18 Å². The Labute approximate surface area is 149 Å². The number of amides is 2. The summed E-state index contributed by atoms with van der Waals surface area (Å²) in [5, 5.41) is 2.88. The van der Waals surface area contributed by atoms with Crippen LogP contribution in [0.5, 0.6) is 0 Å². The largest absolute Gasteiger partial charge is 0.371 e. The molecule has 0 bridgehead atoms. The quantitative estimate of drug-likeness (QED) is 0.910. The molecular weight excluding hydrogens is 319 g/mol. The number of benzene rings is 1. The lowest BCUT2D eigenvalue weighted by Crippen LogP contribution is -2.49. The number of anilines is 2. The lowest BCUT2D eigenvalue weighted by Gasteiger charge is -2.39. The number of rotatable bonds is 3. The van der Waals surface area contributed by atoms with E-state index < -0.39 is 0 Å². The number of carbonyl (C=O) groups excluding carboxylic acids is 1. The number of urea groups is 1. The summed E-state index contributed by atoms with van der Waals surface area (Å²) >= 11 is 0. The summed E-state index contributed by atoms with van der Waals surface area (Å²) in [5.41, 5.74) is 1.38. The zero-order valence-corrected chi connectivity index (χ0v) is 15.5. The molecule has 0 aliphatic carbocycles. The van der Waals surface area contributed by atoms with Crippen molar-refractivity contribution >= 4 is 17.4 Å². The third kappa shape index (κ3) is 4.24. The number of piperidine rings is 1. The van der Waals surface area contributed by atoms with Crippen LogP contribution in [0, 0.1) is 5.82 Å². The molecule has 2 aliphatic rings. The minimum Gasteiger partial charge on any atom is -0.371 e. The fourth-order valence-electron chi connectivity index (χ4n) is 3.80. The second-order valence-electron chi connectivity index (χ2n) is 7.44. The first-order valence-electron chi connectivity index (χ1n) is 9.23. The van der Waals surface area contributed by atoms with E-state index in [4.69, 9.17) is 0 Å². The molecule has 138 valence electrons. The molecule has 2 atom stereocenters. The number of hydrogen-bond acceptors (Lipinski definition) is 3. The summed E-state index contributed by atoms with van der Waals surface area (Å²) in [6, 6.07) is 5.33. The van der Waals surface area contributed by atoms with Crippen LogP contribution in [-0.2, 0) is 0 Å². The van der Waals surface area contributed by atoms with E-state index in [1.807, 2.05) is 13.1 Å². The maximum Gasteiger partial charge on any atom is 0.321 e. The SMILES string of the molecule is C[C@H]1C[C@H](N(C)C(=O)Nc2cc(F)cc(N3CCCC3)c2)CCN1C. The van der Waals surface area contributed by atoms with Crippen LogP contribution in [0.1, 0.15) is 32.6 Å². The van der Waals surface area contributed by atoms with Gasteiger partial charge in [0.1, 0.15) is 5.82 Å². The number of carbonyl (C=O) groups is 1. The van der Waals surface area contributed by atoms with E-state index in [1.54, 1.807) is 11.0 Å². The van der Waals surface area contributed by atoms with Gasteiger partial charge in [-0.3, -0.25) is 0 Å². The third-order valence-electron chi connectivity index (χ3n) is 5.65. The van der Waals surface area contributed by atoms with Crippen molar-refractivity contribution in [3.05, 3.63) is 24.0 Å². The van der Waals surface area contributed by atoms with Gasteiger partial charge in [-0.05, 0) is 57.9 Å². The van der Waals surface area contributed by atoms with Crippen LogP contribution in [0.2, 0.25) is 0 Å². The molecule has 2 saturated heterocycles. The fourth-order valence-corrected chi connectivity index (χ4v) is 3.80. The summed E-state index contributed by atoms with van der Waals surface area (Å²) in [5.74, 6) is -0.310. The lowest BCUT2D eigenvalue weighted by molar-refractivity contribution is 0.120. The van der Waals surface area contributed by atoms with Gasteiger partial charge in [0.25, 0.3) is 0 Å². The normalized spacial score (nSPS) is 24.4. The van der Waals surface area contributed by atoms with Gasteiger partial charge in [-0.2, -0.15) is 0 Å². The van der Waals surface area contributed by atoms with Crippen LogP contribution in [0.15, 0.2) is 18.2 Å². The van der Waals surface area contributed by atoms with E-state index in [9.17, 15) is 9.18 Å². The number of nitrogens with zero attached hydrogens (tertiary/aromatic N) is 3. The van der Waals surface area contributed by atoms with Crippen molar-refractivity contribution in [2.45, 2.75) is 44.7 Å². The van der Waals surface area contributed by atoms with E-state index in [-0.39, 0.29) is 17.9 Å². The monoisotopic (exact) mass is 348 g/mol. The number of likely N-dealkylation sites (tertiary alicyclic amines) is 1. The summed E-state index contributed by atoms with van der Waals surface area (Å²) in [7, 11) is 3.95. The van der Waals surface area contributed by atoms with Crippen molar-refractivity contribution in [1.29, 1.82) is 0 Å². The first-order valence-corrected chi connectivity index (χ1v) is 9.23. The minimum atomic E-state index is -0.310. The van der Waals surface area contributed by atoms with Gasteiger partial charge in [0.15, 0.2) is 0 Å². The molecule has 1 N–H and O–H groups in total. The van der Waals surface area contributed by atoms with Crippen LogP contribution < -0.4 is 10.2 Å². The average molecular weight is 348 g/mol. The standard InChI is InChI=1S/C19H29FN4O/c1-14-10-17(6-9-22(14)2)23(3)19(25)21-16-11-15(20)12-18(13-16)24-7-4-5-8-24/h11-14,17H,4-10H2,1-3H3,(H,21,25)/t14-,17+/m0/s1. The fraction of sp³-hybridized carbons (Fsp3) is 0.632. The van der Waals surface area contributed by atoms with Crippen molar-refractivity contribution in [3.63, 3.8) is 0 Å². The van der Waals surface area contributed by atoms with Crippen molar-refractivity contribution < 1.29 is 9.18 Å². The molecular formula is C19H29FN4O. The molecule has 25 heavy (non-hydrogen) atoms. The maximum atomic E-state index is 14.0. The molecule has 2 heterocycles. The van der Waals surface area contributed by atoms with Crippen molar-refractivity contribution in [1.82, 2.24) is 9.80 Å². The van der Waals surface area contributed by atoms with Gasteiger partial charge in [-0.15, -0.1) is 0 Å². The van der Waals surface area contributed by atoms with Crippen LogP contribution >= 0.6 is 0 Å². The predicted molar refractivity (Wildman–Crippen MR) is 99.7 cm³/mol. The molecule has 3 rings (SSSR count). The highest BCUT2D eigenvalue weighted by molar-refractivity contribution is 5.90. The molecule has 2 aliphatic heterocycles. The Kier molecular flexibility index (Phi) is 5.47. The van der Waals surface area contributed by atoms with Gasteiger partial charge >= 0.3 is 6.03 Å². The second-order valence-corrected chi connectivity index (χ2v) is 7.44. The zero-order valence-electron chi connectivity index (χ0n) is 15.5. The summed E-state index contributed by atoms with van der Waals surface area (Å²) < 4.78 is 14.0. The topological polar surface area (TPSA) is 38.8 Å². The lowest BCUT2D eigenvalue weighted by atomic mass is 9.98. The first-order chi connectivity index (χ1) is 11.9. The molecule has 0 aromatic heterocycles. The number of halogens is 1. The van der Waals surface area contributed by atoms with Gasteiger partial charge < -0.3 is 20.0 Å². The molecule has 5 nitrogen and oxygen atoms in total. The Balaban J connectivity index is 1.66. The van der Waals surface area contributed by atoms with Gasteiger partial charge in [-0.1, -0.05) is 0 Å². The van der Waals surface area contributed by atoms with Crippen LogP contribution in [0.3, 0.4) is 0 Å². The van der Waals surface area contributed by atoms with Crippen LogP contribution in [-0.4, -0.2) is 61.6 Å². The predicted octanol–water partition coefficient (Wildman–Crippen LogP) is 3.37. The van der Waals surface area contributed by atoms with Gasteiger partial charge in [0.2, 0.25) is 0 Å². The summed E-state index contributed by atoms with van der Waals surface area (Å²) in [4.78, 5) is 18.9. The van der Waals surface area contributed by atoms with Crippen molar-refractivity contribution in [2.75, 3.05) is 43.9 Å². The summed E-state index contributed by atoms with van der Waals surface area (Å²) in [6.07, 6.45) is 4.19. The highest BCUT2D eigenvalue weighted by Gasteiger charge is 2.28. The van der Waals surface area contributed by atoms with E-state index in [1.165, 1.54) is 6.07 Å². The molecule has 1 aromatic rings. The Morgan fingerprint density at radius 2 is 1.96 bits per heavy atom. The smallest absolute Gasteiger partial charge is 0.321 e. The molecule has 1 aromatic carbocycles. The molecule has 6 heteroatoms. The maximum absolute atomic E-state index is 14.0. The molecule has 2 fully saturated rings. The minimum absolute atomic E-state index is 0.167. The van der Waals surface area contributed by atoms with E-state index in [0.29, 0.717) is 11.7 Å². The molecule has 0 saturated carbocycles. The van der Waals surface area contributed by atoms with E-state index in [0.717, 1.165) is 51.0 Å². The number of nitrogens with one attached hydrogen (secondary N) is 1. The molecule has 2 amide bonds. The Bertz CT molecular complexity index is 617. The van der Waals surface area contributed by atoms with E-state index in [2.05, 4.69) is 29.1 Å². The van der Waals surface area contributed by atoms with Crippen molar-refractivity contribution in [3.8, 4) is 0 Å². The highest BCUT2D eigenvalue weighted by atomic mass is 19.1. The first kappa shape index (κ1) is 18.0. The second kappa shape index (κ2) is 7.60. The Hall–Kier alpha value is -1.82. The molecule has 0 unspecified atom stereocenters. The van der Waals surface area contributed by atoms with Gasteiger partial charge in [0, 0.05) is 50.1 Å². The third-order valence-corrected chi connectivity index (χ3v) is 5.65. The van der Waals surface area contributed by atoms with Gasteiger partial charge in [0.05, 0.1) is 0 Å². The molecule has 0 radical (unpaired) electrons. The highest BCUT2D eigenvalue weighted by Crippen LogP contribution is 2.26. The van der Waals surface area contributed by atoms with Crippen LogP contribution in [0.25, 0.3) is 0 Å².